The van der Waals surface area contributed by atoms with E-state index in [2.05, 4.69) is 17.0 Å². The van der Waals surface area contributed by atoms with Crippen molar-refractivity contribution in [2.75, 3.05) is 38.2 Å². The summed E-state index contributed by atoms with van der Waals surface area (Å²) in [6, 6.07) is 13.0. The Balaban J connectivity index is 1.52. The number of ether oxygens (including phenoxy) is 1. The molecule has 0 spiro atoms. The number of halogens is 1. The smallest absolute Gasteiger partial charge is 0.264 e. The van der Waals surface area contributed by atoms with Crippen molar-refractivity contribution in [1.29, 1.82) is 0 Å². The van der Waals surface area contributed by atoms with Gasteiger partial charge < -0.3 is 14.5 Å². The number of thiophene rings is 1. The molecule has 6 heteroatoms. The number of nitrogens with zero attached hydrogens (tertiary/aromatic N) is 2. The van der Waals surface area contributed by atoms with Gasteiger partial charge in [0.1, 0.15) is 11.6 Å². The molecule has 4 nitrogen and oxygen atoms in total. The van der Waals surface area contributed by atoms with Crippen molar-refractivity contribution in [3.05, 3.63) is 58.7 Å². The van der Waals surface area contributed by atoms with E-state index in [4.69, 9.17) is 4.74 Å². The minimum Gasteiger partial charge on any atom is -0.497 e. The lowest BCUT2D eigenvalue weighted by Gasteiger charge is -2.24. The van der Waals surface area contributed by atoms with Crippen LogP contribution in [0.5, 0.6) is 5.75 Å². The topological polar surface area (TPSA) is 32.8 Å². The first-order chi connectivity index (χ1) is 13.6. The predicted molar refractivity (Wildman–Crippen MR) is 112 cm³/mol. The van der Waals surface area contributed by atoms with Gasteiger partial charge in [-0.2, -0.15) is 0 Å². The molecule has 28 heavy (non-hydrogen) atoms. The number of anilines is 1. The molecular weight excluding hydrogens is 375 g/mol. The predicted octanol–water partition coefficient (Wildman–Crippen LogP) is 4.71. The van der Waals surface area contributed by atoms with Crippen molar-refractivity contribution < 1.29 is 13.9 Å². The highest BCUT2D eigenvalue weighted by molar-refractivity contribution is 7.21. The molecule has 2 heterocycles. The van der Waals surface area contributed by atoms with Crippen LogP contribution in [0.2, 0.25) is 0 Å². The normalized spacial score (nSPS) is 15.0. The molecule has 0 radical (unpaired) electrons. The molecule has 3 aromatic rings. The maximum atomic E-state index is 14.2. The van der Waals surface area contributed by atoms with Crippen molar-refractivity contribution in [2.45, 2.75) is 13.3 Å². The summed E-state index contributed by atoms with van der Waals surface area (Å²) in [7, 11) is 1.66. The minimum absolute atomic E-state index is 0.00896. The zero-order chi connectivity index (χ0) is 19.7. The number of carbonyl (C=O) groups is 1. The van der Waals surface area contributed by atoms with Gasteiger partial charge in [-0.15, -0.1) is 11.3 Å². The highest BCUT2D eigenvalue weighted by Crippen LogP contribution is 2.33. The molecule has 0 aliphatic carbocycles. The molecule has 0 saturated carbocycles. The van der Waals surface area contributed by atoms with Gasteiger partial charge in [0.05, 0.1) is 12.0 Å². The Labute approximate surface area is 168 Å². The van der Waals surface area contributed by atoms with Crippen LogP contribution >= 0.6 is 11.3 Å². The second-order valence-corrected chi connectivity index (χ2v) is 8.05. The number of fused-ring (bicyclic) bond motifs is 1. The van der Waals surface area contributed by atoms with Crippen LogP contribution in [0.3, 0.4) is 0 Å². The maximum absolute atomic E-state index is 14.2. The Hall–Kier alpha value is -2.60. The van der Waals surface area contributed by atoms with E-state index in [0.29, 0.717) is 23.4 Å². The molecule has 2 aromatic carbocycles. The Morgan fingerprint density at radius 3 is 2.57 bits per heavy atom. The number of aryl methyl sites for hydroxylation is 1. The van der Waals surface area contributed by atoms with Gasteiger partial charge in [0, 0.05) is 42.0 Å². The van der Waals surface area contributed by atoms with Gasteiger partial charge in [-0.05, 0) is 55.3 Å². The van der Waals surface area contributed by atoms with Crippen molar-refractivity contribution in [2.24, 2.45) is 0 Å². The third kappa shape index (κ3) is 3.44. The molecule has 0 atom stereocenters. The van der Waals surface area contributed by atoms with Crippen molar-refractivity contribution >= 4 is 33.0 Å². The fourth-order valence-electron chi connectivity index (χ4n) is 3.77. The van der Waals surface area contributed by atoms with Crippen molar-refractivity contribution in [3.8, 4) is 5.75 Å². The number of amides is 1. The zero-order valence-electron chi connectivity index (χ0n) is 16.1. The van der Waals surface area contributed by atoms with E-state index in [0.717, 1.165) is 41.2 Å². The summed E-state index contributed by atoms with van der Waals surface area (Å²) >= 11 is 1.39. The van der Waals surface area contributed by atoms with E-state index in [1.165, 1.54) is 17.4 Å². The number of hydrogen-bond acceptors (Lipinski definition) is 4. The van der Waals surface area contributed by atoms with Crippen LogP contribution in [0.15, 0.2) is 42.5 Å². The summed E-state index contributed by atoms with van der Waals surface area (Å²) in [5.74, 6) is 0.587. The van der Waals surface area contributed by atoms with E-state index < -0.39 is 0 Å². The van der Waals surface area contributed by atoms with Crippen LogP contribution in [0.4, 0.5) is 10.1 Å². The highest BCUT2D eigenvalue weighted by atomic mass is 32.1. The molecule has 1 saturated heterocycles. The van der Waals surface area contributed by atoms with E-state index in [1.54, 1.807) is 13.2 Å². The number of benzene rings is 2. The molecule has 0 N–H and O–H groups in total. The van der Waals surface area contributed by atoms with Gasteiger partial charge in [0.15, 0.2) is 0 Å². The first-order valence-electron chi connectivity index (χ1n) is 9.44. The lowest BCUT2D eigenvalue weighted by atomic mass is 10.1. The van der Waals surface area contributed by atoms with Crippen LogP contribution < -0.4 is 9.64 Å². The highest BCUT2D eigenvalue weighted by Gasteiger charge is 2.25. The molecule has 0 bridgehead atoms. The van der Waals surface area contributed by atoms with Crippen LogP contribution in [-0.2, 0) is 0 Å². The fourth-order valence-corrected chi connectivity index (χ4v) is 4.96. The van der Waals surface area contributed by atoms with Crippen LogP contribution in [0.25, 0.3) is 10.1 Å². The van der Waals surface area contributed by atoms with E-state index in [9.17, 15) is 9.18 Å². The molecule has 146 valence electrons. The van der Waals surface area contributed by atoms with Crippen molar-refractivity contribution in [1.82, 2.24) is 4.90 Å². The largest absolute Gasteiger partial charge is 0.497 e. The maximum Gasteiger partial charge on any atom is 0.264 e. The summed E-state index contributed by atoms with van der Waals surface area (Å²) in [5, 5.41) is 0.575. The second-order valence-electron chi connectivity index (χ2n) is 7.00. The molecular formula is C22H23FN2O2S. The Bertz CT molecular complexity index is 1000. The standard InChI is InChI=1S/C22H23FN2O2S/c1-15-20-18(23)5-3-6-19(20)28-21(15)22(26)25-12-4-11-24(13-14-25)16-7-9-17(27-2)10-8-16/h3,5-10H,4,11-14H2,1-2H3. The number of carbonyl (C=O) groups excluding carboxylic acids is 1. The van der Waals surface area contributed by atoms with Crippen LogP contribution in [0, 0.1) is 12.7 Å². The first-order valence-corrected chi connectivity index (χ1v) is 10.3. The lowest BCUT2D eigenvalue weighted by Crippen LogP contribution is -2.35. The Morgan fingerprint density at radius 1 is 1.07 bits per heavy atom. The summed E-state index contributed by atoms with van der Waals surface area (Å²) in [5.41, 5.74) is 1.88. The number of hydrogen-bond donors (Lipinski definition) is 0. The average Bonchev–Trinajstić information content (AvgIpc) is 2.90. The van der Waals surface area contributed by atoms with Gasteiger partial charge in [-0.1, -0.05) is 6.07 Å². The third-order valence-electron chi connectivity index (χ3n) is 5.32. The number of rotatable bonds is 3. The summed E-state index contributed by atoms with van der Waals surface area (Å²) < 4.78 is 20.2. The van der Waals surface area contributed by atoms with E-state index in [1.807, 2.05) is 30.0 Å². The van der Waals surface area contributed by atoms with Gasteiger partial charge in [-0.3, -0.25) is 4.79 Å². The fraction of sp³-hybridized carbons (Fsp3) is 0.318. The minimum atomic E-state index is -0.258. The number of methoxy groups -OCH3 is 1. The van der Waals surface area contributed by atoms with Crippen molar-refractivity contribution in [3.63, 3.8) is 0 Å². The summed E-state index contributed by atoms with van der Waals surface area (Å²) in [6.07, 6.45) is 0.899. The lowest BCUT2D eigenvalue weighted by molar-refractivity contribution is 0.0771. The Kier molecular flexibility index (Phi) is 5.22. The third-order valence-corrected chi connectivity index (χ3v) is 6.56. The van der Waals surface area contributed by atoms with E-state index >= 15 is 0 Å². The second kappa shape index (κ2) is 7.80. The van der Waals surface area contributed by atoms with Gasteiger partial charge in [-0.25, -0.2) is 4.39 Å². The zero-order valence-corrected chi connectivity index (χ0v) is 16.9. The summed E-state index contributed by atoms with van der Waals surface area (Å²) in [6.45, 7) is 4.88. The van der Waals surface area contributed by atoms with Gasteiger partial charge in [0.2, 0.25) is 0 Å². The van der Waals surface area contributed by atoms with E-state index in [-0.39, 0.29) is 11.7 Å². The average molecular weight is 399 g/mol. The summed E-state index contributed by atoms with van der Waals surface area (Å²) in [4.78, 5) is 18.0. The molecule has 1 amide bonds. The SMILES string of the molecule is COc1ccc(N2CCCN(C(=O)c3sc4cccc(F)c4c3C)CC2)cc1. The molecule has 0 unspecified atom stereocenters. The Morgan fingerprint density at radius 2 is 1.86 bits per heavy atom. The molecule has 1 aliphatic heterocycles. The first kappa shape index (κ1) is 18.7. The monoisotopic (exact) mass is 398 g/mol. The van der Waals surface area contributed by atoms with Crippen LogP contribution in [0.1, 0.15) is 21.7 Å². The molecule has 1 fully saturated rings. The molecule has 4 rings (SSSR count). The molecule has 1 aliphatic rings. The molecule has 1 aromatic heterocycles. The van der Waals surface area contributed by atoms with Gasteiger partial charge in [0.25, 0.3) is 5.91 Å². The van der Waals surface area contributed by atoms with Crippen LogP contribution in [-0.4, -0.2) is 44.1 Å². The quantitative estimate of drug-likeness (QED) is 0.641. The van der Waals surface area contributed by atoms with Gasteiger partial charge >= 0.3 is 0 Å².